The molecule has 1 rings (SSSR count). The predicted octanol–water partition coefficient (Wildman–Crippen LogP) is 3.02. The molecule has 2 unspecified atom stereocenters. The van der Waals surface area contributed by atoms with Gasteiger partial charge in [0.2, 0.25) is 11.8 Å². The van der Waals surface area contributed by atoms with Crippen molar-refractivity contribution in [3.05, 3.63) is 42.0 Å². The fraction of sp³-hybridized carbons (Fsp3) is 0.542. The normalized spacial score (nSPS) is 13.5. The topological polar surface area (TPSA) is 108 Å². The molecule has 0 saturated heterocycles. The van der Waals surface area contributed by atoms with Crippen LogP contribution in [-0.4, -0.2) is 58.2 Å². The van der Waals surface area contributed by atoms with Crippen LogP contribution in [0.1, 0.15) is 65.6 Å². The van der Waals surface area contributed by atoms with Crippen molar-refractivity contribution in [2.24, 2.45) is 0 Å². The van der Waals surface area contributed by atoms with E-state index in [1.807, 2.05) is 26.8 Å². The number of carbonyl (C=O) groups is 3. The molecule has 0 heterocycles. The molecular formula is C24H37N3O5. The highest BCUT2D eigenvalue weighted by atomic mass is 16.6. The maximum Gasteiger partial charge on any atom is 0.408 e. The Morgan fingerprint density at radius 3 is 2.31 bits per heavy atom. The number of ether oxygens (including phenoxy) is 1. The minimum Gasteiger partial charge on any atom is -0.444 e. The third-order valence-electron chi connectivity index (χ3n) is 4.25. The molecule has 2 atom stereocenters. The van der Waals surface area contributed by atoms with Gasteiger partial charge in [-0.15, -0.1) is 0 Å². The van der Waals surface area contributed by atoms with Gasteiger partial charge in [-0.2, -0.15) is 0 Å². The third kappa shape index (κ3) is 8.70. The Hall–Kier alpha value is -2.87. The molecule has 3 amide bonds. The Kier molecular flexibility index (Phi) is 9.45. The Morgan fingerprint density at radius 1 is 1.19 bits per heavy atom. The zero-order valence-corrected chi connectivity index (χ0v) is 20.2. The first-order chi connectivity index (χ1) is 14.7. The molecule has 3 N–H and O–H groups in total. The van der Waals surface area contributed by atoms with E-state index in [2.05, 4.69) is 17.2 Å². The van der Waals surface area contributed by atoms with E-state index in [0.717, 1.165) is 5.56 Å². The average Bonchev–Trinajstić information content (AvgIpc) is 2.64. The summed E-state index contributed by atoms with van der Waals surface area (Å²) >= 11 is 0. The SMILES string of the molecule is C=Cc1cccc(C(C(=O)NC(C)(C)C)N(CCO)C(=O)C(C)NC(=O)OC(C)(C)C)c1. The van der Waals surface area contributed by atoms with E-state index in [9.17, 15) is 19.5 Å². The summed E-state index contributed by atoms with van der Waals surface area (Å²) in [5.41, 5.74) is 0.0835. The third-order valence-corrected chi connectivity index (χ3v) is 4.25. The summed E-state index contributed by atoms with van der Waals surface area (Å²) in [5, 5.41) is 15.1. The van der Waals surface area contributed by atoms with Crippen molar-refractivity contribution in [1.29, 1.82) is 0 Å². The maximum absolute atomic E-state index is 13.3. The number of rotatable bonds is 8. The monoisotopic (exact) mass is 447 g/mol. The number of carbonyl (C=O) groups excluding carboxylic acids is 3. The highest BCUT2D eigenvalue weighted by molar-refractivity contribution is 5.92. The summed E-state index contributed by atoms with van der Waals surface area (Å²) in [4.78, 5) is 40.0. The van der Waals surface area contributed by atoms with Crippen molar-refractivity contribution in [1.82, 2.24) is 15.5 Å². The second kappa shape index (κ2) is 11.1. The molecule has 0 aliphatic rings. The maximum atomic E-state index is 13.3. The van der Waals surface area contributed by atoms with Gasteiger partial charge in [-0.3, -0.25) is 9.59 Å². The smallest absolute Gasteiger partial charge is 0.408 e. The Morgan fingerprint density at radius 2 is 1.81 bits per heavy atom. The number of benzene rings is 1. The van der Waals surface area contributed by atoms with Crippen molar-refractivity contribution >= 4 is 24.0 Å². The lowest BCUT2D eigenvalue weighted by Gasteiger charge is -2.35. The highest BCUT2D eigenvalue weighted by Crippen LogP contribution is 2.24. The number of amides is 3. The van der Waals surface area contributed by atoms with Crippen LogP contribution in [0.2, 0.25) is 0 Å². The Balaban J connectivity index is 3.33. The van der Waals surface area contributed by atoms with Gasteiger partial charge in [0.1, 0.15) is 17.7 Å². The molecule has 8 heteroatoms. The molecule has 32 heavy (non-hydrogen) atoms. The lowest BCUT2D eigenvalue weighted by molar-refractivity contribution is -0.143. The molecule has 0 aliphatic carbocycles. The molecule has 1 aromatic rings. The highest BCUT2D eigenvalue weighted by Gasteiger charge is 2.35. The van der Waals surface area contributed by atoms with Crippen LogP contribution >= 0.6 is 0 Å². The van der Waals surface area contributed by atoms with Gasteiger partial charge < -0.3 is 25.4 Å². The zero-order chi connectivity index (χ0) is 24.7. The van der Waals surface area contributed by atoms with E-state index in [1.165, 1.54) is 11.8 Å². The predicted molar refractivity (Wildman–Crippen MR) is 125 cm³/mol. The largest absolute Gasteiger partial charge is 0.444 e. The molecule has 0 bridgehead atoms. The van der Waals surface area contributed by atoms with Gasteiger partial charge in [0.15, 0.2) is 0 Å². The number of aliphatic hydroxyl groups excluding tert-OH is 1. The molecule has 0 aliphatic heterocycles. The molecular weight excluding hydrogens is 410 g/mol. The van der Waals surface area contributed by atoms with Crippen LogP contribution in [0.15, 0.2) is 30.8 Å². The molecule has 8 nitrogen and oxygen atoms in total. The first-order valence-corrected chi connectivity index (χ1v) is 10.6. The van der Waals surface area contributed by atoms with Crippen molar-refractivity contribution in [2.75, 3.05) is 13.2 Å². The van der Waals surface area contributed by atoms with E-state index in [0.29, 0.717) is 5.56 Å². The van der Waals surface area contributed by atoms with Crippen LogP contribution in [-0.2, 0) is 14.3 Å². The number of nitrogens with zero attached hydrogens (tertiary/aromatic N) is 1. The lowest BCUT2D eigenvalue weighted by atomic mass is 9.99. The minimum absolute atomic E-state index is 0.0975. The quantitative estimate of drug-likeness (QED) is 0.568. The Labute approximate surface area is 191 Å². The lowest BCUT2D eigenvalue weighted by Crippen LogP contribution is -2.54. The van der Waals surface area contributed by atoms with Gasteiger partial charge in [-0.1, -0.05) is 30.9 Å². The number of nitrogens with one attached hydrogen (secondary N) is 2. The standard InChI is InChI=1S/C24H37N3O5/c1-9-17-11-10-12-18(15-17)19(20(29)26-23(3,4)5)27(13-14-28)21(30)16(2)25-22(31)32-24(6,7)8/h9-12,15-16,19,28H,1,13-14H2,2-8H3,(H,25,31)(H,26,29). The van der Waals surface area contributed by atoms with Crippen molar-refractivity contribution < 1.29 is 24.2 Å². The molecule has 0 radical (unpaired) electrons. The molecule has 1 aromatic carbocycles. The Bertz CT molecular complexity index is 824. The van der Waals surface area contributed by atoms with Gasteiger partial charge in [0.05, 0.1) is 6.61 Å². The van der Waals surface area contributed by atoms with Crippen molar-refractivity contribution in [3.63, 3.8) is 0 Å². The summed E-state index contributed by atoms with van der Waals surface area (Å²) < 4.78 is 5.23. The molecule has 0 aromatic heterocycles. The van der Waals surface area contributed by atoms with Crippen LogP contribution in [0.5, 0.6) is 0 Å². The van der Waals surface area contributed by atoms with Gasteiger partial charge in [-0.05, 0) is 65.7 Å². The van der Waals surface area contributed by atoms with Crippen LogP contribution in [0.25, 0.3) is 6.08 Å². The van der Waals surface area contributed by atoms with Crippen LogP contribution in [0.3, 0.4) is 0 Å². The van der Waals surface area contributed by atoms with Gasteiger partial charge in [-0.25, -0.2) is 4.79 Å². The van der Waals surface area contributed by atoms with Gasteiger partial charge >= 0.3 is 6.09 Å². The second-order valence-electron chi connectivity index (χ2n) is 9.64. The molecule has 0 saturated carbocycles. The van der Waals surface area contributed by atoms with Crippen molar-refractivity contribution in [2.45, 2.75) is 71.7 Å². The summed E-state index contributed by atoms with van der Waals surface area (Å²) in [5.74, 6) is -0.923. The number of hydrogen-bond donors (Lipinski definition) is 3. The van der Waals surface area contributed by atoms with Crippen LogP contribution in [0, 0.1) is 0 Å². The fourth-order valence-electron chi connectivity index (χ4n) is 3.04. The van der Waals surface area contributed by atoms with Gasteiger partial charge in [0, 0.05) is 12.1 Å². The average molecular weight is 448 g/mol. The first-order valence-electron chi connectivity index (χ1n) is 10.6. The minimum atomic E-state index is -1.02. The fourth-order valence-corrected chi connectivity index (χ4v) is 3.04. The first kappa shape index (κ1) is 27.2. The summed E-state index contributed by atoms with van der Waals surface area (Å²) in [7, 11) is 0. The van der Waals surface area contributed by atoms with E-state index in [1.54, 1.807) is 45.0 Å². The number of aliphatic hydroxyl groups is 1. The summed E-state index contributed by atoms with van der Waals surface area (Å²) in [6, 6.07) is 5.11. The number of alkyl carbamates (subject to hydrolysis) is 1. The molecule has 0 fully saturated rings. The number of hydrogen-bond acceptors (Lipinski definition) is 5. The van der Waals surface area contributed by atoms with E-state index < -0.39 is 41.1 Å². The molecule has 0 spiro atoms. The second-order valence-corrected chi connectivity index (χ2v) is 9.64. The van der Waals surface area contributed by atoms with Crippen LogP contribution < -0.4 is 10.6 Å². The molecule has 178 valence electrons. The summed E-state index contributed by atoms with van der Waals surface area (Å²) in [6.45, 7) is 15.5. The van der Waals surface area contributed by atoms with Crippen molar-refractivity contribution in [3.8, 4) is 0 Å². The summed E-state index contributed by atoms with van der Waals surface area (Å²) in [6.07, 6.45) is 0.902. The van der Waals surface area contributed by atoms with E-state index >= 15 is 0 Å². The van der Waals surface area contributed by atoms with E-state index in [-0.39, 0.29) is 13.2 Å². The zero-order valence-electron chi connectivity index (χ0n) is 20.2. The van der Waals surface area contributed by atoms with E-state index in [4.69, 9.17) is 4.74 Å². The van der Waals surface area contributed by atoms with Crippen LogP contribution in [0.4, 0.5) is 4.79 Å². The van der Waals surface area contributed by atoms with Gasteiger partial charge in [0.25, 0.3) is 0 Å².